The molecule has 0 aliphatic heterocycles. The fourth-order valence-electron chi connectivity index (χ4n) is 16.3. The minimum atomic E-state index is 1.09. The molecule has 4 aromatic heterocycles. The summed E-state index contributed by atoms with van der Waals surface area (Å²) in [6.07, 6.45) is 0. The molecular formula is C98H60N2S4. The average molecular weight is 1390 g/mol. The Labute approximate surface area is 617 Å². The molecule has 21 aromatic rings. The van der Waals surface area contributed by atoms with Gasteiger partial charge in [-0.15, -0.1) is 45.3 Å². The number of nitrogens with zero attached hydrogens (tertiary/aromatic N) is 2. The summed E-state index contributed by atoms with van der Waals surface area (Å²) in [7, 11) is 0. The van der Waals surface area contributed by atoms with Gasteiger partial charge in [0, 0.05) is 103 Å². The highest BCUT2D eigenvalue weighted by atomic mass is 32.1. The van der Waals surface area contributed by atoms with Crippen LogP contribution in [0.1, 0.15) is 0 Å². The molecule has 0 aliphatic carbocycles. The van der Waals surface area contributed by atoms with Crippen LogP contribution in [0.2, 0.25) is 0 Å². The van der Waals surface area contributed by atoms with Gasteiger partial charge in [-0.3, -0.25) is 0 Å². The summed E-state index contributed by atoms with van der Waals surface area (Å²) in [6, 6.07) is 136. The van der Waals surface area contributed by atoms with E-state index < -0.39 is 0 Å². The fourth-order valence-corrected chi connectivity index (χ4v) is 20.8. The maximum absolute atomic E-state index is 2.57. The van der Waals surface area contributed by atoms with Crippen molar-refractivity contribution < 1.29 is 0 Å². The largest absolute Gasteiger partial charge is 0.309 e. The number of rotatable bonds is 12. The number of anilines is 6. The Morgan fingerprint density at radius 3 is 1.23 bits per heavy atom. The SMILES string of the molecule is c1ccc(-c2ccc3ccccc3c2)c(-c2ccc(N(c3ccccc3-c3ccc4sc5ccc(-c6cccc7c6sc6cccc(N(c8ccccc8-c8ccc9sc%10ccccc%10c9c8)c8ccccc8-c8cccc9ccccc89)c67)cc5c4c3)c3cccc4sc5ccccc5c34)cc2)c1. The van der Waals surface area contributed by atoms with Crippen LogP contribution in [0.5, 0.6) is 0 Å². The van der Waals surface area contributed by atoms with Gasteiger partial charge in [0.25, 0.3) is 0 Å². The highest BCUT2D eigenvalue weighted by Crippen LogP contribution is 2.54. The van der Waals surface area contributed by atoms with Crippen LogP contribution in [0.25, 0.3) is 169 Å². The Hall–Kier alpha value is -12.3. The lowest BCUT2D eigenvalue weighted by atomic mass is 9.93. The van der Waals surface area contributed by atoms with Gasteiger partial charge in [0.15, 0.2) is 0 Å². The summed E-state index contributed by atoms with van der Waals surface area (Å²) in [6.45, 7) is 0. The van der Waals surface area contributed by atoms with Gasteiger partial charge in [0.05, 0.1) is 28.4 Å². The monoisotopic (exact) mass is 1390 g/mol. The predicted molar refractivity (Wildman–Crippen MR) is 455 cm³/mol. The van der Waals surface area contributed by atoms with Gasteiger partial charge in [0.2, 0.25) is 0 Å². The van der Waals surface area contributed by atoms with E-state index in [-0.39, 0.29) is 0 Å². The number of benzene rings is 17. The van der Waals surface area contributed by atoms with Crippen molar-refractivity contribution in [3.05, 3.63) is 364 Å². The van der Waals surface area contributed by atoms with Crippen molar-refractivity contribution in [2.75, 3.05) is 9.80 Å². The van der Waals surface area contributed by atoms with Gasteiger partial charge in [-0.1, -0.05) is 255 Å². The number of para-hydroxylation sites is 3. The first kappa shape index (κ1) is 60.5. The van der Waals surface area contributed by atoms with E-state index in [4.69, 9.17) is 0 Å². The van der Waals surface area contributed by atoms with E-state index >= 15 is 0 Å². The molecule has 0 saturated heterocycles. The topological polar surface area (TPSA) is 6.48 Å². The lowest BCUT2D eigenvalue weighted by molar-refractivity contribution is 1.30. The molecule has 0 N–H and O–H groups in total. The van der Waals surface area contributed by atoms with Crippen LogP contribution in [0.4, 0.5) is 34.1 Å². The average Bonchev–Trinajstić information content (AvgIpc) is 1.39. The van der Waals surface area contributed by atoms with Crippen LogP contribution in [0, 0.1) is 0 Å². The van der Waals surface area contributed by atoms with Crippen LogP contribution in [0.3, 0.4) is 0 Å². The third-order valence-corrected chi connectivity index (χ3v) is 25.7. The molecular weight excluding hydrogens is 1330 g/mol. The van der Waals surface area contributed by atoms with Crippen LogP contribution in [-0.2, 0) is 0 Å². The Morgan fingerprint density at radius 2 is 0.548 bits per heavy atom. The highest BCUT2D eigenvalue weighted by Gasteiger charge is 2.27. The van der Waals surface area contributed by atoms with Crippen molar-refractivity contribution in [3.8, 4) is 66.8 Å². The zero-order valence-corrected chi connectivity index (χ0v) is 59.4. The minimum Gasteiger partial charge on any atom is -0.309 e. The van der Waals surface area contributed by atoms with Crippen LogP contribution in [0.15, 0.2) is 364 Å². The zero-order chi connectivity index (χ0) is 68.3. The summed E-state index contributed by atoms with van der Waals surface area (Å²) in [4.78, 5) is 5.08. The number of fused-ring (bicyclic) bond motifs is 14. The van der Waals surface area contributed by atoms with Gasteiger partial charge < -0.3 is 9.80 Å². The van der Waals surface area contributed by atoms with Crippen LogP contribution in [-0.4, -0.2) is 0 Å². The Balaban J connectivity index is 0.700. The quantitative estimate of drug-likeness (QED) is 0.120. The first-order valence-corrected chi connectivity index (χ1v) is 38.6. The standard InChI is InChI=1S/C98H60N2S4/c1-2-23-64-57-65(46-45-61(64)21-1)72-27-6-5-25-70(72)63-47-52-69(53-48-63)99(87-39-19-43-94-96(87)79-32-11-16-42-90(79)103-94)84-36-12-7-28-73(84)67-50-55-92-82(59-67)83-60-68(51-56-93(83)102-92)75-33-18-35-80-97-88(40-20-44-95(97)104-98(75)80)100(86-38-14-9-30-77(86)76-34-17-24-62-22-3-4-26-71(62)76)85-37-13-8-29-74(85)66-49-54-91-81(58-66)78-31-10-15-41-89(78)101-91/h1-60H. The summed E-state index contributed by atoms with van der Waals surface area (Å²) < 4.78 is 10.2. The van der Waals surface area contributed by atoms with E-state index in [1.807, 2.05) is 45.3 Å². The first-order chi connectivity index (χ1) is 51.6. The van der Waals surface area contributed by atoms with E-state index in [0.717, 1.165) is 39.7 Å². The Morgan fingerprint density at radius 1 is 0.173 bits per heavy atom. The zero-order valence-electron chi connectivity index (χ0n) is 56.2. The van der Waals surface area contributed by atoms with E-state index in [1.54, 1.807) is 0 Å². The normalized spacial score (nSPS) is 11.8. The van der Waals surface area contributed by atoms with E-state index in [2.05, 4.69) is 374 Å². The lowest BCUT2D eigenvalue weighted by Crippen LogP contribution is -2.13. The van der Waals surface area contributed by atoms with Crippen molar-refractivity contribution in [2.45, 2.75) is 0 Å². The summed E-state index contributed by atoms with van der Waals surface area (Å²) in [5.74, 6) is 0. The third kappa shape index (κ3) is 10.0. The summed E-state index contributed by atoms with van der Waals surface area (Å²) in [5.41, 5.74) is 21.0. The van der Waals surface area contributed by atoms with E-state index in [9.17, 15) is 0 Å². The Bertz CT molecular complexity index is 7020. The van der Waals surface area contributed by atoms with Crippen LogP contribution < -0.4 is 9.80 Å². The molecule has 0 unspecified atom stereocenters. The predicted octanol–water partition coefficient (Wildman–Crippen LogP) is 30.4. The molecule has 0 bridgehead atoms. The molecule has 0 saturated carbocycles. The summed E-state index contributed by atoms with van der Waals surface area (Å²) >= 11 is 7.50. The first-order valence-electron chi connectivity index (χ1n) is 35.3. The molecule has 2 nitrogen and oxygen atoms in total. The third-order valence-electron chi connectivity index (χ3n) is 21.1. The van der Waals surface area contributed by atoms with Crippen molar-refractivity contribution in [1.29, 1.82) is 0 Å². The maximum atomic E-state index is 2.57. The van der Waals surface area contributed by atoms with Crippen molar-refractivity contribution in [2.24, 2.45) is 0 Å². The Kier molecular flexibility index (Phi) is 14.4. The van der Waals surface area contributed by atoms with Gasteiger partial charge in [-0.2, -0.15) is 0 Å². The molecule has 0 radical (unpaired) electrons. The van der Waals surface area contributed by atoms with Gasteiger partial charge in [-0.25, -0.2) is 0 Å². The second-order valence-electron chi connectivity index (χ2n) is 26.9. The molecule has 104 heavy (non-hydrogen) atoms. The summed E-state index contributed by atoms with van der Waals surface area (Å²) in [5, 5.41) is 15.0. The van der Waals surface area contributed by atoms with Gasteiger partial charge in [-0.05, 0) is 181 Å². The number of hydrogen-bond acceptors (Lipinski definition) is 6. The molecule has 6 heteroatoms. The number of hydrogen-bond donors (Lipinski definition) is 0. The van der Waals surface area contributed by atoms with Crippen LogP contribution >= 0.6 is 45.3 Å². The second-order valence-corrected chi connectivity index (χ2v) is 31.2. The molecule has 4 heterocycles. The molecule has 0 spiro atoms. The second kappa shape index (κ2) is 24.8. The van der Waals surface area contributed by atoms with Gasteiger partial charge >= 0.3 is 0 Å². The van der Waals surface area contributed by atoms with Crippen molar-refractivity contribution >= 4 is 182 Å². The molecule has 0 fully saturated rings. The maximum Gasteiger partial charge on any atom is 0.0555 e. The molecule has 17 aromatic carbocycles. The molecule has 0 amide bonds. The van der Waals surface area contributed by atoms with E-state index in [0.29, 0.717) is 0 Å². The number of thiophene rings is 4. The fraction of sp³-hybridized carbons (Fsp3) is 0. The van der Waals surface area contributed by atoms with Crippen molar-refractivity contribution in [3.63, 3.8) is 0 Å². The molecule has 0 atom stereocenters. The molecule has 21 rings (SSSR count). The molecule has 0 aliphatic rings. The van der Waals surface area contributed by atoms with Crippen molar-refractivity contribution in [1.82, 2.24) is 0 Å². The minimum absolute atomic E-state index is 1.09. The smallest absolute Gasteiger partial charge is 0.0555 e. The lowest BCUT2D eigenvalue weighted by Gasteiger charge is -2.31. The highest BCUT2D eigenvalue weighted by molar-refractivity contribution is 7.27. The van der Waals surface area contributed by atoms with Gasteiger partial charge in [0.1, 0.15) is 0 Å². The van der Waals surface area contributed by atoms with E-state index in [1.165, 1.54) is 163 Å². The molecule has 486 valence electrons.